The third-order valence-electron chi connectivity index (χ3n) is 2.64. The minimum absolute atomic E-state index is 0.0402. The molecule has 0 radical (unpaired) electrons. The summed E-state index contributed by atoms with van der Waals surface area (Å²) >= 11 is 0. The van der Waals surface area contributed by atoms with Gasteiger partial charge in [0.15, 0.2) is 12.0 Å². The second-order valence-corrected chi connectivity index (χ2v) is 6.04. The number of aliphatic hydroxyl groups excluding tert-OH is 1. The number of rotatable bonds is 6. The van der Waals surface area contributed by atoms with Crippen molar-refractivity contribution in [3.8, 4) is 11.4 Å². The lowest BCUT2D eigenvalue weighted by atomic mass is 10.3. The predicted octanol–water partition coefficient (Wildman–Crippen LogP) is -0.837. The summed E-state index contributed by atoms with van der Waals surface area (Å²) in [5.41, 5.74) is 0.728. The average molecular weight is 311 g/mol. The van der Waals surface area contributed by atoms with E-state index in [1.807, 2.05) is 0 Å². The predicted molar refractivity (Wildman–Crippen MR) is 72.3 cm³/mol. The molecule has 0 fully saturated rings. The third kappa shape index (κ3) is 4.52. The maximum absolute atomic E-state index is 11.2. The molecule has 2 heterocycles. The second kappa shape index (κ2) is 6.66. The van der Waals surface area contributed by atoms with Gasteiger partial charge >= 0.3 is 0 Å². The van der Waals surface area contributed by atoms with Crippen LogP contribution in [0.2, 0.25) is 0 Å². The Hall–Kier alpha value is -1.97. The first-order valence-electron chi connectivity index (χ1n) is 6.10. The molecule has 0 bridgehead atoms. The molecule has 2 rings (SSSR count). The van der Waals surface area contributed by atoms with Crippen molar-refractivity contribution in [2.45, 2.75) is 12.6 Å². The molecule has 112 valence electrons. The molecule has 0 saturated heterocycles. The maximum Gasteiger partial charge on any atom is 0.269 e. The van der Waals surface area contributed by atoms with E-state index in [1.54, 1.807) is 36.9 Å². The normalized spacial score (nSPS) is 13.0. The van der Waals surface area contributed by atoms with Crippen LogP contribution in [-0.4, -0.2) is 47.6 Å². The summed E-state index contributed by atoms with van der Waals surface area (Å²) in [5, 5.41) is 13.8. The minimum atomic E-state index is -3.70. The van der Waals surface area contributed by atoms with E-state index in [0.717, 1.165) is 12.7 Å². The lowest BCUT2D eigenvalue weighted by Crippen LogP contribution is -2.44. The van der Waals surface area contributed by atoms with E-state index in [0.29, 0.717) is 5.82 Å². The lowest BCUT2D eigenvalue weighted by molar-refractivity contribution is -0.758. The van der Waals surface area contributed by atoms with E-state index in [4.69, 9.17) is 0 Å². The van der Waals surface area contributed by atoms with Crippen molar-refractivity contribution in [2.24, 2.45) is 0 Å². The Balaban J connectivity index is 2.03. The number of aromatic nitrogens is 4. The van der Waals surface area contributed by atoms with Crippen molar-refractivity contribution in [1.29, 1.82) is 0 Å². The fourth-order valence-electron chi connectivity index (χ4n) is 1.64. The first-order chi connectivity index (χ1) is 10.00. The fraction of sp³-hybridized carbons (Fsp3) is 0.333. The summed E-state index contributed by atoms with van der Waals surface area (Å²) in [6.45, 7) is 0.0402. The third-order valence-corrected chi connectivity index (χ3v) is 3.94. The first kappa shape index (κ1) is 15.4. The Morgan fingerprint density at radius 3 is 2.67 bits per heavy atom. The lowest BCUT2D eigenvalue weighted by Gasteiger charge is -2.05. The molecule has 21 heavy (non-hydrogen) atoms. The van der Waals surface area contributed by atoms with Crippen LogP contribution in [-0.2, 0) is 20.8 Å². The van der Waals surface area contributed by atoms with Crippen molar-refractivity contribution in [1.82, 2.24) is 15.1 Å². The van der Waals surface area contributed by atoms with Gasteiger partial charge in [0.25, 0.3) is 10.1 Å². The highest BCUT2D eigenvalue weighted by Crippen LogP contribution is 2.09. The van der Waals surface area contributed by atoms with Gasteiger partial charge in [-0.25, -0.2) is 9.97 Å². The van der Waals surface area contributed by atoms with Crippen LogP contribution in [0.3, 0.4) is 0 Å². The van der Waals surface area contributed by atoms with Gasteiger partial charge in [-0.3, -0.25) is 4.18 Å². The molecule has 1 unspecified atom stereocenters. The zero-order chi connectivity index (χ0) is 15.3. The summed E-state index contributed by atoms with van der Waals surface area (Å²) in [6, 6.07) is 3.45. The molecule has 8 nitrogen and oxygen atoms in total. The van der Waals surface area contributed by atoms with Crippen molar-refractivity contribution >= 4 is 10.1 Å². The minimum Gasteiger partial charge on any atom is -0.385 e. The molecule has 0 spiro atoms. The number of aliphatic hydroxyl groups is 1. The summed E-state index contributed by atoms with van der Waals surface area (Å²) < 4.78 is 28.1. The van der Waals surface area contributed by atoms with Gasteiger partial charge < -0.3 is 5.11 Å². The van der Waals surface area contributed by atoms with Crippen molar-refractivity contribution in [2.75, 3.05) is 12.9 Å². The zero-order valence-corrected chi connectivity index (χ0v) is 12.1. The largest absolute Gasteiger partial charge is 0.385 e. The van der Waals surface area contributed by atoms with Crippen LogP contribution in [0, 0.1) is 0 Å². The highest BCUT2D eigenvalue weighted by molar-refractivity contribution is 7.86. The van der Waals surface area contributed by atoms with Crippen LogP contribution >= 0.6 is 0 Å². The molecule has 0 saturated carbocycles. The summed E-state index contributed by atoms with van der Waals surface area (Å²) in [7, 11) is -2.64. The Kier molecular flexibility index (Phi) is 4.89. The van der Waals surface area contributed by atoms with Crippen LogP contribution in [0.25, 0.3) is 11.4 Å². The van der Waals surface area contributed by atoms with E-state index >= 15 is 0 Å². The molecule has 0 aliphatic heterocycles. The smallest absolute Gasteiger partial charge is 0.269 e. The second-order valence-electron chi connectivity index (χ2n) is 4.25. The first-order valence-corrected chi connectivity index (χ1v) is 7.67. The van der Waals surface area contributed by atoms with Crippen LogP contribution in [0.4, 0.5) is 0 Å². The topological polar surface area (TPSA) is 106 Å². The van der Waals surface area contributed by atoms with Crippen LogP contribution < -0.4 is 4.68 Å². The molecule has 2 aromatic heterocycles. The Labute approximate surface area is 122 Å². The molecule has 0 aliphatic carbocycles. The monoisotopic (exact) mass is 311 g/mol. The maximum atomic E-state index is 11.2. The van der Waals surface area contributed by atoms with E-state index in [9.17, 15) is 13.5 Å². The van der Waals surface area contributed by atoms with E-state index in [2.05, 4.69) is 19.2 Å². The number of nitrogens with zero attached hydrogens (tertiary/aromatic N) is 4. The molecule has 0 aliphatic rings. The van der Waals surface area contributed by atoms with Gasteiger partial charge in [-0.05, 0) is 11.2 Å². The highest BCUT2D eigenvalue weighted by atomic mass is 32.2. The van der Waals surface area contributed by atoms with Crippen LogP contribution in [0.1, 0.15) is 0 Å². The molecule has 1 N–H and O–H groups in total. The van der Waals surface area contributed by atoms with E-state index in [1.165, 1.54) is 4.68 Å². The summed E-state index contributed by atoms with van der Waals surface area (Å²) in [4.78, 5) is 8.19. The van der Waals surface area contributed by atoms with Gasteiger partial charge in [0.1, 0.15) is 18.1 Å². The van der Waals surface area contributed by atoms with Gasteiger partial charge in [0.05, 0.1) is 7.11 Å². The molecule has 0 aromatic carbocycles. The summed E-state index contributed by atoms with van der Waals surface area (Å²) in [5.74, 6) is 0.0570. The Bertz CT molecular complexity index is 676. The quantitative estimate of drug-likeness (QED) is 0.548. The molecular formula is C12H15N4O4S+. The van der Waals surface area contributed by atoms with Crippen LogP contribution in [0.15, 0.2) is 36.9 Å². The fourth-order valence-corrected chi connectivity index (χ4v) is 2.36. The zero-order valence-electron chi connectivity index (χ0n) is 11.3. The SMILES string of the molecule is COS(=O)(=O)CC(O)C[n+]1ccc(-c2ncccn2)cn1. The number of hydrogen-bond acceptors (Lipinski definition) is 7. The van der Waals surface area contributed by atoms with Gasteiger partial charge in [-0.1, -0.05) is 4.68 Å². The number of hydrogen-bond donors (Lipinski definition) is 1. The van der Waals surface area contributed by atoms with Crippen molar-refractivity contribution in [3.63, 3.8) is 0 Å². The highest BCUT2D eigenvalue weighted by Gasteiger charge is 2.21. The van der Waals surface area contributed by atoms with E-state index in [-0.39, 0.29) is 6.54 Å². The van der Waals surface area contributed by atoms with Gasteiger partial charge in [0.2, 0.25) is 6.54 Å². The average Bonchev–Trinajstić information content (AvgIpc) is 2.48. The Morgan fingerprint density at radius 1 is 1.38 bits per heavy atom. The molecule has 9 heteroatoms. The van der Waals surface area contributed by atoms with Crippen molar-refractivity contribution in [3.05, 3.63) is 36.9 Å². The Morgan fingerprint density at radius 2 is 2.10 bits per heavy atom. The molecule has 1 atom stereocenters. The van der Waals surface area contributed by atoms with Gasteiger partial charge in [-0.15, -0.1) is 0 Å². The van der Waals surface area contributed by atoms with Crippen molar-refractivity contribution < 1.29 is 22.4 Å². The molecule has 2 aromatic rings. The standard InChI is InChI=1S/C12H15N4O4S/c1-20-21(18,19)9-11(17)8-16-6-3-10(7-15-16)12-13-4-2-5-14-12/h2-7,11,17H,8-9H2,1H3/q+1. The summed E-state index contributed by atoms with van der Waals surface area (Å²) in [6.07, 6.45) is 5.32. The van der Waals surface area contributed by atoms with Gasteiger partial charge in [-0.2, -0.15) is 8.42 Å². The van der Waals surface area contributed by atoms with E-state index < -0.39 is 22.0 Å². The van der Waals surface area contributed by atoms with Gasteiger partial charge in [0, 0.05) is 24.0 Å². The molecule has 0 amide bonds. The molecular weight excluding hydrogens is 296 g/mol. The van der Waals surface area contributed by atoms with Crippen LogP contribution in [0.5, 0.6) is 0 Å².